The molecule has 96 valence electrons. The lowest BCUT2D eigenvalue weighted by Gasteiger charge is -2.05. The minimum absolute atomic E-state index is 0.529. The van der Waals surface area contributed by atoms with Gasteiger partial charge in [-0.25, -0.2) is 0 Å². The number of nitrogens with two attached hydrogens (primary N) is 1. The highest BCUT2D eigenvalue weighted by atomic mass is 35.5. The van der Waals surface area contributed by atoms with Crippen LogP contribution < -0.4 is 5.73 Å². The Morgan fingerprint density at radius 3 is 2.68 bits per heavy atom. The van der Waals surface area contributed by atoms with E-state index in [1.54, 1.807) is 12.4 Å². The van der Waals surface area contributed by atoms with Crippen molar-refractivity contribution < 1.29 is 0 Å². The Hall–Kier alpha value is -1.84. The normalized spacial score (nSPS) is 11.1. The summed E-state index contributed by atoms with van der Waals surface area (Å²) in [5.74, 6) is 0. The first kappa shape index (κ1) is 12.2. The molecule has 0 aliphatic heterocycles. The van der Waals surface area contributed by atoms with E-state index in [0.717, 1.165) is 22.6 Å². The molecule has 3 aromatic rings. The van der Waals surface area contributed by atoms with Gasteiger partial charge < -0.3 is 10.3 Å². The number of halogens is 1. The van der Waals surface area contributed by atoms with E-state index in [4.69, 9.17) is 17.3 Å². The van der Waals surface area contributed by atoms with Crippen molar-refractivity contribution in [3.8, 4) is 0 Å². The summed E-state index contributed by atoms with van der Waals surface area (Å²) in [5, 5.41) is 1.91. The van der Waals surface area contributed by atoms with Crippen LogP contribution in [0.1, 0.15) is 11.1 Å². The Morgan fingerprint density at radius 2 is 1.95 bits per heavy atom. The molecule has 0 aliphatic carbocycles. The standard InChI is InChI=1S/C15H14ClN3/c16-13-1-2-14-12(8-17)10-19(15(14)7-13)9-11-3-5-18-6-4-11/h1-7,10H,8-9,17H2. The van der Waals surface area contributed by atoms with Gasteiger partial charge in [-0.2, -0.15) is 0 Å². The van der Waals surface area contributed by atoms with E-state index in [-0.39, 0.29) is 0 Å². The van der Waals surface area contributed by atoms with E-state index < -0.39 is 0 Å². The number of fused-ring (bicyclic) bond motifs is 1. The number of aromatic nitrogens is 2. The molecule has 0 amide bonds. The van der Waals surface area contributed by atoms with Crippen LogP contribution in [0.25, 0.3) is 10.9 Å². The molecule has 2 aromatic heterocycles. The Bertz CT molecular complexity index is 704. The van der Waals surface area contributed by atoms with Crippen molar-refractivity contribution in [2.45, 2.75) is 13.1 Å². The predicted molar refractivity (Wildman–Crippen MR) is 78.2 cm³/mol. The SMILES string of the molecule is NCc1cn(Cc2ccncc2)c2cc(Cl)ccc12. The molecule has 2 N–H and O–H groups in total. The van der Waals surface area contributed by atoms with Crippen molar-refractivity contribution in [1.82, 2.24) is 9.55 Å². The molecule has 0 fully saturated rings. The van der Waals surface area contributed by atoms with Gasteiger partial charge in [-0.15, -0.1) is 0 Å². The zero-order valence-electron chi connectivity index (χ0n) is 10.4. The number of rotatable bonds is 3. The van der Waals surface area contributed by atoms with E-state index >= 15 is 0 Å². The summed E-state index contributed by atoms with van der Waals surface area (Å²) in [6.45, 7) is 1.32. The van der Waals surface area contributed by atoms with E-state index in [9.17, 15) is 0 Å². The Labute approximate surface area is 116 Å². The average Bonchev–Trinajstić information content (AvgIpc) is 2.77. The summed E-state index contributed by atoms with van der Waals surface area (Å²) < 4.78 is 2.18. The molecule has 0 radical (unpaired) electrons. The van der Waals surface area contributed by atoms with Gasteiger partial charge in [-0.1, -0.05) is 17.7 Å². The van der Waals surface area contributed by atoms with E-state index in [2.05, 4.69) is 15.7 Å². The first-order valence-corrected chi connectivity index (χ1v) is 6.52. The van der Waals surface area contributed by atoms with Gasteiger partial charge in [0, 0.05) is 42.1 Å². The third kappa shape index (κ3) is 2.35. The van der Waals surface area contributed by atoms with Crippen LogP contribution in [0.2, 0.25) is 5.02 Å². The smallest absolute Gasteiger partial charge is 0.0501 e. The van der Waals surface area contributed by atoms with Crippen LogP contribution in [-0.4, -0.2) is 9.55 Å². The average molecular weight is 272 g/mol. The number of benzene rings is 1. The number of pyridine rings is 1. The van der Waals surface area contributed by atoms with Crippen LogP contribution >= 0.6 is 11.6 Å². The molecule has 0 spiro atoms. The number of hydrogen-bond acceptors (Lipinski definition) is 2. The molecule has 19 heavy (non-hydrogen) atoms. The minimum Gasteiger partial charge on any atom is -0.343 e. The molecule has 0 atom stereocenters. The fraction of sp³-hybridized carbons (Fsp3) is 0.133. The van der Waals surface area contributed by atoms with Gasteiger partial charge in [-0.3, -0.25) is 4.98 Å². The van der Waals surface area contributed by atoms with Gasteiger partial charge in [0.15, 0.2) is 0 Å². The maximum absolute atomic E-state index is 6.09. The summed E-state index contributed by atoms with van der Waals surface area (Å²) in [6, 6.07) is 9.94. The first-order chi connectivity index (χ1) is 9.28. The second-order valence-corrected chi connectivity index (χ2v) is 4.94. The molecule has 0 bridgehead atoms. The highest BCUT2D eigenvalue weighted by Crippen LogP contribution is 2.25. The highest BCUT2D eigenvalue weighted by Gasteiger charge is 2.08. The second-order valence-electron chi connectivity index (χ2n) is 4.50. The molecular weight excluding hydrogens is 258 g/mol. The molecular formula is C15H14ClN3. The summed E-state index contributed by atoms with van der Waals surface area (Å²) in [6.07, 6.45) is 5.71. The van der Waals surface area contributed by atoms with Crippen LogP contribution in [0.15, 0.2) is 48.9 Å². The van der Waals surface area contributed by atoms with E-state index in [1.165, 1.54) is 10.9 Å². The summed E-state index contributed by atoms with van der Waals surface area (Å²) in [4.78, 5) is 4.03. The van der Waals surface area contributed by atoms with Gasteiger partial charge in [0.25, 0.3) is 0 Å². The Balaban J connectivity index is 2.10. The molecule has 4 heteroatoms. The van der Waals surface area contributed by atoms with Crippen LogP contribution in [0.4, 0.5) is 0 Å². The minimum atomic E-state index is 0.529. The lowest BCUT2D eigenvalue weighted by atomic mass is 10.2. The monoisotopic (exact) mass is 271 g/mol. The van der Waals surface area contributed by atoms with Crippen LogP contribution in [-0.2, 0) is 13.1 Å². The lowest BCUT2D eigenvalue weighted by molar-refractivity contribution is 0.827. The third-order valence-corrected chi connectivity index (χ3v) is 3.48. The molecule has 0 saturated carbocycles. The topological polar surface area (TPSA) is 43.8 Å². The fourth-order valence-corrected chi connectivity index (χ4v) is 2.49. The quantitative estimate of drug-likeness (QED) is 0.795. The summed E-state index contributed by atoms with van der Waals surface area (Å²) in [7, 11) is 0. The molecule has 0 saturated heterocycles. The lowest BCUT2D eigenvalue weighted by Crippen LogP contribution is -1.98. The van der Waals surface area contributed by atoms with Crippen molar-refractivity contribution in [2.24, 2.45) is 5.73 Å². The van der Waals surface area contributed by atoms with Crippen molar-refractivity contribution in [3.05, 3.63) is 65.1 Å². The van der Waals surface area contributed by atoms with Crippen molar-refractivity contribution >= 4 is 22.5 Å². The van der Waals surface area contributed by atoms with Gasteiger partial charge in [-0.05, 0) is 35.4 Å². The summed E-state index contributed by atoms with van der Waals surface area (Å²) in [5.41, 5.74) is 9.26. The van der Waals surface area contributed by atoms with E-state index in [1.807, 2.05) is 30.3 Å². The van der Waals surface area contributed by atoms with Gasteiger partial charge in [0.2, 0.25) is 0 Å². The van der Waals surface area contributed by atoms with Gasteiger partial charge in [0.05, 0.1) is 5.52 Å². The second kappa shape index (κ2) is 5.03. The largest absolute Gasteiger partial charge is 0.343 e. The van der Waals surface area contributed by atoms with Crippen LogP contribution in [0.5, 0.6) is 0 Å². The molecule has 0 unspecified atom stereocenters. The predicted octanol–water partition coefficient (Wildman–Crippen LogP) is 3.20. The zero-order valence-corrected chi connectivity index (χ0v) is 11.1. The maximum atomic E-state index is 6.09. The molecule has 3 nitrogen and oxygen atoms in total. The maximum Gasteiger partial charge on any atom is 0.0501 e. The van der Waals surface area contributed by atoms with Crippen LogP contribution in [0, 0.1) is 0 Å². The molecule has 2 heterocycles. The van der Waals surface area contributed by atoms with E-state index in [0.29, 0.717) is 6.54 Å². The van der Waals surface area contributed by atoms with Gasteiger partial charge >= 0.3 is 0 Å². The van der Waals surface area contributed by atoms with Crippen molar-refractivity contribution in [3.63, 3.8) is 0 Å². The first-order valence-electron chi connectivity index (χ1n) is 6.14. The highest BCUT2D eigenvalue weighted by molar-refractivity contribution is 6.31. The molecule has 0 aliphatic rings. The fourth-order valence-electron chi connectivity index (χ4n) is 2.32. The van der Waals surface area contributed by atoms with Crippen LogP contribution in [0.3, 0.4) is 0 Å². The Morgan fingerprint density at radius 1 is 1.16 bits per heavy atom. The van der Waals surface area contributed by atoms with Crippen molar-refractivity contribution in [1.29, 1.82) is 0 Å². The Kier molecular flexibility index (Phi) is 3.23. The van der Waals surface area contributed by atoms with Gasteiger partial charge in [0.1, 0.15) is 0 Å². The number of hydrogen-bond donors (Lipinski definition) is 1. The zero-order chi connectivity index (χ0) is 13.2. The summed E-state index contributed by atoms with van der Waals surface area (Å²) >= 11 is 6.09. The molecule has 3 rings (SSSR count). The number of nitrogens with zero attached hydrogens (tertiary/aromatic N) is 2. The third-order valence-electron chi connectivity index (χ3n) is 3.25. The van der Waals surface area contributed by atoms with Crippen molar-refractivity contribution in [2.75, 3.05) is 0 Å². The molecule has 1 aromatic carbocycles.